The lowest BCUT2D eigenvalue weighted by Gasteiger charge is -2.11. The van der Waals surface area contributed by atoms with Crippen LogP contribution in [0, 0.1) is 5.82 Å². The Balaban J connectivity index is 1.96. The first-order valence-electron chi connectivity index (χ1n) is 9.37. The van der Waals surface area contributed by atoms with Gasteiger partial charge in [0.1, 0.15) is 5.82 Å². The minimum atomic E-state index is -3.33. The molecule has 0 fully saturated rings. The summed E-state index contributed by atoms with van der Waals surface area (Å²) in [4.78, 5) is 12.2. The molecule has 2 heterocycles. The monoisotopic (exact) mass is 429 g/mol. The van der Waals surface area contributed by atoms with Gasteiger partial charge in [-0.1, -0.05) is 24.3 Å². The van der Waals surface area contributed by atoms with E-state index in [1.165, 1.54) is 19.2 Å². The summed E-state index contributed by atoms with van der Waals surface area (Å²) in [5.41, 5.74) is 3.91. The Labute approximate surface area is 173 Å². The Bertz CT molecular complexity index is 1210. The topological polar surface area (TPSA) is 74.6 Å². The summed E-state index contributed by atoms with van der Waals surface area (Å²) in [7, 11) is -2.09. The van der Waals surface area contributed by atoms with Crippen LogP contribution in [0.5, 0.6) is 5.88 Å². The summed E-state index contributed by atoms with van der Waals surface area (Å²) in [6.45, 7) is 0.664. The Morgan fingerprint density at radius 2 is 1.60 bits per heavy atom. The standard InChI is InChI=1S/C22H20FNO5S/c1-28-22(25)29-21-20(15-5-9-16(23)10-6-15)19(18-4-3-13-24(18)21)14-7-11-17(12-8-14)30(2,26)27/h5-12H,3-4,13H2,1-2H3. The lowest BCUT2D eigenvalue weighted by molar-refractivity contribution is 0.118. The van der Waals surface area contributed by atoms with Crippen molar-refractivity contribution in [2.24, 2.45) is 0 Å². The quantitative estimate of drug-likeness (QED) is 0.573. The van der Waals surface area contributed by atoms with Crippen molar-refractivity contribution < 1.29 is 27.1 Å². The fourth-order valence-corrected chi connectivity index (χ4v) is 4.47. The zero-order valence-electron chi connectivity index (χ0n) is 16.5. The highest BCUT2D eigenvalue weighted by Crippen LogP contribution is 2.47. The van der Waals surface area contributed by atoms with E-state index in [2.05, 4.69) is 0 Å². The van der Waals surface area contributed by atoms with Crippen LogP contribution in [0.1, 0.15) is 12.1 Å². The van der Waals surface area contributed by atoms with Gasteiger partial charge in [0.15, 0.2) is 9.84 Å². The van der Waals surface area contributed by atoms with E-state index < -0.39 is 16.0 Å². The molecule has 0 radical (unpaired) electrons. The molecule has 6 nitrogen and oxygen atoms in total. The molecule has 4 rings (SSSR count). The Kier molecular flexibility index (Phi) is 5.11. The van der Waals surface area contributed by atoms with E-state index in [0.717, 1.165) is 35.9 Å². The van der Waals surface area contributed by atoms with Crippen molar-refractivity contribution in [2.45, 2.75) is 24.3 Å². The number of carbonyl (C=O) groups is 1. The molecule has 0 atom stereocenters. The van der Waals surface area contributed by atoms with E-state index in [0.29, 0.717) is 23.6 Å². The molecule has 156 valence electrons. The van der Waals surface area contributed by atoms with Crippen LogP contribution in [0.4, 0.5) is 9.18 Å². The second kappa shape index (κ2) is 7.60. The number of methoxy groups -OCH3 is 1. The van der Waals surface area contributed by atoms with Gasteiger partial charge in [-0.2, -0.15) is 0 Å². The van der Waals surface area contributed by atoms with Crippen LogP contribution in [-0.4, -0.2) is 32.5 Å². The summed E-state index contributed by atoms with van der Waals surface area (Å²) in [6, 6.07) is 12.5. The van der Waals surface area contributed by atoms with E-state index in [1.54, 1.807) is 36.4 Å². The second-order valence-electron chi connectivity index (χ2n) is 7.12. The lowest BCUT2D eigenvalue weighted by Crippen LogP contribution is -2.11. The molecule has 8 heteroatoms. The maximum absolute atomic E-state index is 13.5. The van der Waals surface area contributed by atoms with Crippen molar-refractivity contribution >= 4 is 16.0 Å². The maximum Gasteiger partial charge on any atom is 0.514 e. The molecule has 0 N–H and O–H groups in total. The first kappa shape index (κ1) is 20.2. The van der Waals surface area contributed by atoms with E-state index in [-0.39, 0.29) is 10.7 Å². The number of fused-ring (bicyclic) bond motifs is 1. The third kappa shape index (κ3) is 3.59. The molecule has 1 aromatic heterocycles. The van der Waals surface area contributed by atoms with Crippen molar-refractivity contribution in [1.82, 2.24) is 4.57 Å². The minimum absolute atomic E-state index is 0.219. The Morgan fingerprint density at radius 3 is 2.20 bits per heavy atom. The SMILES string of the molecule is COC(=O)Oc1c(-c2ccc(F)cc2)c(-c2ccc(S(C)(=O)=O)cc2)c2n1CCC2. The van der Waals surface area contributed by atoms with Gasteiger partial charge in [0.25, 0.3) is 0 Å². The number of ether oxygens (including phenoxy) is 2. The molecule has 0 spiro atoms. The number of benzene rings is 2. The van der Waals surface area contributed by atoms with Crippen LogP contribution in [0.25, 0.3) is 22.3 Å². The number of hydrogen-bond donors (Lipinski definition) is 0. The van der Waals surface area contributed by atoms with E-state index in [4.69, 9.17) is 9.47 Å². The molecule has 1 aliphatic rings. The number of halogens is 1. The van der Waals surface area contributed by atoms with Gasteiger partial charge in [0.05, 0.1) is 17.6 Å². The molecule has 2 aromatic carbocycles. The second-order valence-corrected chi connectivity index (χ2v) is 9.13. The summed E-state index contributed by atoms with van der Waals surface area (Å²) in [5, 5.41) is 0. The van der Waals surface area contributed by atoms with Gasteiger partial charge in [-0.15, -0.1) is 0 Å². The fourth-order valence-electron chi connectivity index (χ4n) is 3.84. The normalized spacial score (nSPS) is 13.2. The molecule has 0 saturated carbocycles. The Hall–Kier alpha value is -3.13. The molecule has 0 aliphatic carbocycles. The van der Waals surface area contributed by atoms with Crippen molar-refractivity contribution in [1.29, 1.82) is 0 Å². The fraction of sp³-hybridized carbons (Fsp3) is 0.227. The van der Waals surface area contributed by atoms with Crippen LogP contribution in [0.3, 0.4) is 0 Å². The zero-order chi connectivity index (χ0) is 21.5. The average molecular weight is 429 g/mol. The van der Waals surface area contributed by atoms with Gasteiger partial charge in [0, 0.05) is 24.1 Å². The lowest BCUT2D eigenvalue weighted by atomic mass is 9.95. The molecular weight excluding hydrogens is 409 g/mol. The Morgan fingerprint density at radius 1 is 1.00 bits per heavy atom. The number of carbonyl (C=O) groups excluding carboxylic acids is 1. The first-order valence-corrected chi connectivity index (χ1v) is 11.3. The highest BCUT2D eigenvalue weighted by molar-refractivity contribution is 7.90. The van der Waals surface area contributed by atoms with Crippen LogP contribution in [0.2, 0.25) is 0 Å². The molecule has 0 bridgehead atoms. The van der Waals surface area contributed by atoms with Crippen LogP contribution < -0.4 is 4.74 Å². The number of nitrogens with zero attached hydrogens (tertiary/aromatic N) is 1. The van der Waals surface area contributed by atoms with Crippen molar-refractivity contribution in [3.8, 4) is 28.1 Å². The number of rotatable bonds is 4. The minimum Gasteiger partial charge on any atom is -0.437 e. The third-order valence-electron chi connectivity index (χ3n) is 5.17. The number of sulfone groups is 1. The van der Waals surface area contributed by atoms with Crippen molar-refractivity contribution in [3.05, 3.63) is 60.0 Å². The largest absolute Gasteiger partial charge is 0.514 e. The highest BCUT2D eigenvalue weighted by atomic mass is 32.2. The predicted molar refractivity (Wildman–Crippen MR) is 110 cm³/mol. The van der Waals surface area contributed by atoms with Gasteiger partial charge < -0.3 is 14.0 Å². The van der Waals surface area contributed by atoms with E-state index in [9.17, 15) is 17.6 Å². The maximum atomic E-state index is 13.5. The third-order valence-corrected chi connectivity index (χ3v) is 6.30. The summed E-state index contributed by atoms with van der Waals surface area (Å²) < 4.78 is 49.3. The average Bonchev–Trinajstić information content (AvgIpc) is 3.30. The smallest absolute Gasteiger partial charge is 0.437 e. The zero-order valence-corrected chi connectivity index (χ0v) is 17.3. The number of hydrogen-bond acceptors (Lipinski definition) is 5. The van der Waals surface area contributed by atoms with Gasteiger partial charge in [-0.25, -0.2) is 17.6 Å². The van der Waals surface area contributed by atoms with Crippen LogP contribution in [-0.2, 0) is 27.5 Å². The molecule has 0 saturated heterocycles. The van der Waals surface area contributed by atoms with Crippen molar-refractivity contribution in [2.75, 3.05) is 13.4 Å². The summed E-state index contributed by atoms with van der Waals surface area (Å²) in [5.74, 6) is -0.0388. The van der Waals surface area contributed by atoms with Crippen LogP contribution in [0.15, 0.2) is 53.4 Å². The molecule has 0 amide bonds. The van der Waals surface area contributed by atoms with Gasteiger partial charge in [0.2, 0.25) is 5.88 Å². The predicted octanol–water partition coefficient (Wildman–Crippen LogP) is 4.46. The molecule has 30 heavy (non-hydrogen) atoms. The van der Waals surface area contributed by atoms with Gasteiger partial charge in [-0.3, -0.25) is 0 Å². The first-order chi connectivity index (χ1) is 14.3. The van der Waals surface area contributed by atoms with E-state index >= 15 is 0 Å². The molecule has 1 aliphatic heterocycles. The van der Waals surface area contributed by atoms with Crippen LogP contribution >= 0.6 is 0 Å². The van der Waals surface area contributed by atoms with E-state index in [1.807, 2.05) is 4.57 Å². The molecule has 3 aromatic rings. The van der Waals surface area contributed by atoms with Gasteiger partial charge >= 0.3 is 6.16 Å². The summed E-state index contributed by atoms with van der Waals surface area (Å²) >= 11 is 0. The van der Waals surface area contributed by atoms with Crippen molar-refractivity contribution in [3.63, 3.8) is 0 Å². The van der Waals surface area contributed by atoms with Gasteiger partial charge in [-0.05, 0) is 48.2 Å². The molecule has 0 unspecified atom stereocenters. The molecular formula is C22H20FNO5S. The highest BCUT2D eigenvalue weighted by Gasteiger charge is 2.30. The number of aromatic nitrogens is 1. The summed E-state index contributed by atoms with van der Waals surface area (Å²) in [6.07, 6.45) is 1.96.